The van der Waals surface area contributed by atoms with Gasteiger partial charge in [0.05, 0.1) is 4.90 Å². The van der Waals surface area contributed by atoms with Crippen LogP contribution in [0, 0.1) is 0 Å². The molecule has 0 aromatic heterocycles. The van der Waals surface area contributed by atoms with Crippen molar-refractivity contribution < 1.29 is 8.42 Å². The fourth-order valence-electron chi connectivity index (χ4n) is 1.91. The molecular weight excluding hydrogens is 284 g/mol. The topological polar surface area (TPSA) is 49.4 Å². The summed E-state index contributed by atoms with van der Waals surface area (Å²) in [6, 6.07) is 15.9. The SMILES string of the molecule is CN(C)CCc1ccc(NS(=O)(=O)c2ccccc2)cc1. The van der Waals surface area contributed by atoms with Crippen LogP contribution in [-0.2, 0) is 16.4 Å². The first-order chi connectivity index (χ1) is 9.97. The van der Waals surface area contributed by atoms with E-state index in [4.69, 9.17) is 0 Å². The van der Waals surface area contributed by atoms with Crippen LogP contribution >= 0.6 is 0 Å². The lowest BCUT2D eigenvalue weighted by Gasteiger charge is -2.11. The second-order valence-corrected chi connectivity index (χ2v) is 6.85. The summed E-state index contributed by atoms with van der Waals surface area (Å²) in [5.74, 6) is 0. The standard InChI is InChI=1S/C16H20N2O2S/c1-18(2)13-12-14-8-10-15(11-9-14)17-21(19,20)16-6-4-3-5-7-16/h3-11,17H,12-13H2,1-2H3. The lowest BCUT2D eigenvalue weighted by atomic mass is 10.1. The number of likely N-dealkylation sites (N-methyl/N-ethyl adjacent to an activating group) is 1. The summed E-state index contributed by atoms with van der Waals surface area (Å²) in [5, 5.41) is 0. The second kappa shape index (κ2) is 6.74. The molecular formula is C16H20N2O2S. The average Bonchev–Trinajstić information content (AvgIpc) is 2.47. The highest BCUT2D eigenvalue weighted by Gasteiger charge is 2.12. The molecule has 0 atom stereocenters. The van der Waals surface area contributed by atoms with Gasteiger partial charge in [-0.05, 0) is 50.3 Å². The Morgan fingerprint density at radius 2 is 1.57 bits per heavy atom. The van der Waals surface area contributed by atoms with Crippen LogP contribution in [0.2, 0.25) is 0 Å². The van der Waals surface area contributed by atoms with Gasteiger partial charge in [-0.15, -0.1) is 0 Å². The van der Waals surface area contributed by atoms with E-state index in [1.807, 2.05) is 26.2 Å². The number of sulfonamides is 1. The predicted octanol–water partition coefficient (Wildman–Crippen LogP) is 2.59. The van der Waals surface area contributed by atoms with E-state index in [2.05, 4.69) is 9.62 Å². The van der Waals surface area contributed by atoms with Gasteiger partial charge in [-0.1, -0.05) is 30.3 Å². The third kappa shape index (κ3) is 4.58. The van der Waals surface area contributed by atoms with Crippen molar-refractivity contribution in [2.45, 2.75) is 11.3 Å². The van der Waals surface area contributed by atoms with E-state index in [0.717, 1.165) is 13.0 Å². The summed E-state index contributed by atoms with van der Waals surface area (Å²) >= 11 is 0. The molecule has 4 nitrogen and oxygen atoms in total. The molecule has 0 radical (unpaired) electrons. The zero-order chi connectivity index (χ0) is 15.3. The zero-order valence-corrected chi connectivity index (χ0v) is 13.1. The first-order valence-corrected chi connectivity index (χ1v) is 8.27. The zero-order valence-electron chi connectivity index (χ0n) is 12.3. The first-order valence-electron chi connectivity index (χ1n) is 6.79. The van der Waals surface area contributed by atoms with Crippen LogP contribution in [0.25, 0.3) is 0 Å². The smallest absolute Gasteiger partial charge is 0.261 e. The molecule has 0 saturated carbocycles. The van der Waals surface area contributed by atoms with Gasteiger partial charge in [0.2, 0.25) is 0 Å². The Balaban J connectivity index is 2.06. The van der Waals surface area contributed by atoms with Crippen LogP contribution in [0.1, 0.15) is 5.56 Å². The summed E-state index contributed by atoms with van der Waals surface area (Å²) in [5.41, 5.74) is 1.76. The van der Waals surface area contributed by atoms with Crippen LogP contribution < -0.4 is 4.72 Å². The molecule has 0 aliphatic heterocycles. The number of anilines is 1. The van der Waals surface area contributed by atoms with Crippen molar-refractivity contribution >= 4 is 15.7 Å². The van der Waals surface area contributed by atoms with Crippen molar-refractivity contribution in [2.75, 3.05) is 25.4 Å². The van der Waals surface area contributed by atoms with Gasteiger partial charge in [0.15, 0.2) is 0 Å². The molecule has 0 amide bonds. The van der Waals surface area contributed by atoms with Crippen LogP contribution in [0.5, 0.6) is 0 Å². The largest absolute Gasteiger partial charge is 0.309 e. The fourth-order valence-corrected chi connectivity index (χ4v) is 2.99. The third-order valence-electron chi connectivity index (χ3n) is 3.11. The van der Waals surface area contributed by atoms with Crippen molar-refractivity contribution in [1.29, 1.82) is 0 Å². The Hall–Kier alpha value is -1.85. The molecule has 0 fully saturated rings. The lowest BCUT2D eigenvalue weighted by Crippen LogP contribution is -2.15. The van der Waals surface area contributed by atoms with E-state index in [0.29, 0.717) is 5.69 Å². The maximum atomic E-state index is 12.2. The average molecular weight is 304 g/mol. The van der Waals surface area contributed by atoms with Gasteiger partial charge in [0, 0.05) is 12.2 Å². The molecule has 2 rings (SSSR count). The third-order valence-corrected chi connectivity index (χ3v) is 4.50. The predicted molar refractivity (Wildman–Crippen MR) is 86.0 cm³/mol. The summed E-state index contributed by atoms with van der Waals surface area (Å²) in [4.78, 5) is 2.38. The Morgan fingerprint density at radius 3 is 2.14 bits per heavy atom. The highest BCUT2D eigenvalue weighted by Crippen LogP contribution is 2.16. The van der Waals surface area contributed by atoms with Gasteiger partial charge in [-0.2, -0.15) is 0 Å². The highest BCUT2D eigenvalue weighted by molar-refractivity contribution is 7.92. The van der Waals surface area contributed by atoms with Gasteiger partial charge in [-0.3, -0.25) is 4.72 Å². The van der Waals surface area contributed by atoms with E-state index in [9.17, 15) is 8.42 Å². The minimum Gasteiger partial charge on any atom is -0.309 e. The Morgan fingerprint density at radius 1 is 0.952 bits per heavy atom. The Labute approximate surface area is 126 Å². The molecule has 0 unspecified atom stereocenters. The lowest BCUT2D eigenvalue weighted by molar-refractivity contribution is 0.413. The van der Waals surface area contributed by atoms with Gasteiger partial charge < -0.3 is 4.90 Å². The quantitative estimate of drug-likeness (QED) is 0.892. The summed E-state index contributed by atoms with van der Waals surface area (Å²) in [6.45, 7) is 0.967. The Bertz CT molecular complexity index is 665. The molecule has 2 aromatic rings. The number of nitrogens with zero attached hydrogens (tertiary/aromatic N) is 1. The molecule has 2 aromatic carbocycles. The Kier molecular flexibility index (Phi) is 4.98. The van der Waals surface area contributed by atoms with Gasteiger partial charge in [0.1, 0.15) is 0 Å². The number of nitrogens with one attached hydrogen (secondary N) is 1. The van der Waals surface area contributed by atoms with Gasteiger partial charge >= 0.3 is 0 Å². The maximum Gasteiger partial charge on any atom is 0.261 e. The summed E-state index contributed by atoms with van der Waals surface area (Å²) in [7, 11) is 0.550. The highest BCUT2D eigenvalue weighted by atomic mass is 32.2. The van der Waals surface area contributed by atoms with Crippen LogP contribution in [0.4, 0.5) is 5.69 Å². The number of rotatable bonds is 6. The van der Waals surface area contributed by atoms with E-state index in [1.165, 1.54) is 5.56 Å². The fraction of sp³-hybridized carbons (Fsp3) is 0.250. The summed E-state index contributed by atoms with van der Waals surface area (Å²) in [6.07, 6.45) is 0.943. The summed E-state index contributed by atoms with van der Waals surface area (Å²) < 4.78 is 27.0. The minimum absolute atomic E-state index is 0.265. The van der Waals surface area contributed by atoms with Crippen molar-refractivity contribution in [3.05, 3.63) is 60.2 Å². The first kappa shape index (κ1) is 15.5. The number of hydrogen-bond donors (Lipinski definition) is 1. The molecule has 0 spiro atoms. The molecule has 21 heavy (non-hydrogen) atoms. The molecule has 0 aliphatic carbocycles. The molecule has 5 heteroatoms. The van der Waals surface area contributed by atoms with E-state index in [-0.39, 0.29) is 4.90 Å². The minimum atomic E-state index is -3.51. The molecule has 0 saturated heterocycles. The van der Waals surface area contributed by atoms with Crippen LogP contribution in [-0.4, -0.2) is 34.0 Å². The van der Waals surface area contributed by atoms with E-state index in [1.54, 1.807) is 42.5 Å². The maximum absolute atomic E-state index is 12.2. The normalized spacial score (nSPS) is 11.6. The van der Waals surface area contributed by atoms with Gasteiger partial charge in [0.25, 0.3) is 10.0 Å². The molecule has 112 valence electrons. The molecule has 0 bridgehead atoms. The van der Waals surface area contributed by atoms with Crippen molar-refractivity contribution in [3.8, 4) is 0 Å². The van der Waals surface area contributed by atoms with Crippen molar-refractivity contribution in [2.24, 2.45) is 0 Å². The number of benzene rings is 2. The number of hydrogen-bond acceptors (Lipinski definition) is 3. The van der Waals surface area contributed by atoms with Crippen LogP contribution in [0.3, 0.4) is 0 Å². The second-order valence-electron chi connectivity index (χ2n) is 5.17. The molecule has 0 heterocycles. The molecule has 1 N–H and O–H groups in total. The van der Waals surface area contributed by atoms with E-state index >= 15 is 0 Å². The monoisotopic (exact) mass is 304 g/mol. The van der Waals surface area contributed by atoms with E-state index < -0.39 is 10.0 Å². The van der Waals surface area contributed by atoms with Crippen LogP contribution in [0.15, 0.2) is 59.5 Å². The molecule has 0 aliphatic rings. The van der Waals surface area contributed by atoms with Gasteiger partial charge in [-0.25, -0.2) is 8.42 Å². The van der Waals surface area contributed by atoms with Crippen molar-refractivity contribution in [3.63, 3.8) is 0 Å². The van der Waals surface area contributed by atoms with Crippen molar-refractivity contribution in [1.82, 2.24) is 4.90 Å².